The molecule has 2 heterocycles. The molecule has 0 aliphatic carbocycles. The van der Waals surface area contributed by atoms with Gasteiger partial charge in [0, 0.05) is 13.1 Å². The molecule has 0 atom stereocenters. The van der Waals surface area contributed by atoms with E-state index in [1.165, 1.54) is 4.90 Å². The van der Waals surface area contributed by atoms with Gasteiger partial charge in [0.2, 0.25) is 0 Å². The van der Waals surface area contributed by atoms with Gasteiger partial charge in [-0.05, 0) is 40.5 Å². The van der Waals surface area contributed by atoms with E-state index < -0.39 is 34.9 Å². The van der Waals surface area contributed by atoms with Crippen LogP contribution < -0.4 is 0 Å². The second-order valence-corrected chi connectivity index (χ2v) is 10.3. The van der Waals surface area contributed by atoms with Crippen LogP contribution in [-0.2, 0) is 14.4 Å². The first-order chi connectivity index (χ1) is 14.7. The minimum atomic E-state index is -1.04. The fourth-order valence-corrected chi connectivity index (χ4v) is 4.33. The van der Waals surface area contributed by atoms with Crippen molar-refractivity contribution in [3.63, 3.8) is 0 Å². The van der Waals surface area contributed by atoms with Crippen LogP contribution in [0.1, 0.15) is 61.3 Å². The van der Waals surface area contributed by atoms with Crippen LogP contribution in [0.3, 0.4) is 0 Å². The Hall–Kier alpha value is -1.74. The molecule has 2 aliphatic rings. The van der Waals surface area contributed by atoms with E-state index in [4.69, 9.17) is 56.0 Å². The van der Waals surface area contributed by atoms with Crippen LogP contribution in [0.15, 0.2) is 0 Å². The maximum Gasteiger partial charge on any atom is 0.410 e. The van der Waals surface area contributed by atoms with Gasteiger partial charge in [0.05, 0.1) is 36.6 Å². The molecule has 8 nitrogen and oxygen atoms in total. The zero-order chi connectivity index (χ0) is 24.2. The van der Waals surface area contributed by atoms with Gasteiger partial charge in [-0.15, -0.1) is 0 Å². The first-order valence-electron chi connectivity index (χ1n) is 9.63. The van der Waals surface area contributed by atoms with E-state index >= 15 is 0 Å². The van der Waals surface area contributed by atoms with Gasteiger partial charge in [-0.25, -0.2) is 9.59 Å². The van der Waals surface area contributed by atoms with Crippen LogP contribution in [0.25, 0.3) is 0 Å². The number of hydroxylamine groups is 2. The lowest BCUT2D eigenvalue weighted by Gasteiger charge is -2.38. The highest BCUT2D eigenvalue weighted by molar-refractivity contribution is 6.55. The smallest absolute Gasteiger partial charge is 0.410 e. The number of benzene rings is 1. The van der Waals surface area contributed by atoms with Crippen molar-refractivity contribution in [3.8, 4) is 0 Å². The number of rotatable bonds is 2. The van der Waals surface area contributed by atoms with Crippen LogP contribution >= 0.6 is 46.4 Å². The molecule has 0 spiro atoms. The van der Waals surface area contributed by atoms with Gasteiger partial charge in [-0.3, -0.25) is 9.59 Å². The summed E-state index contributed by atoms with van der Waals surface area (Å²) in [5, 5.41) is -0.585. The molecule has 0 aromatic heterocycles. The average molecular weight is 526 g/mol. The number of piperidine rings is 1. The third kappa shape index (κ3) is 4.38. The van der Waals surface area contributed by atoms with Crippen LogP contribution in [0.4, 0.5) is 4.79 Å². The van der Waals surface area contributed by atoms with Gasteiger partial charge in [-0.2, -0.15) is 0 Å². The van der Waals surface area contributed by atoms with Crippen molar-refractivity contribution < 1.29 is 28.8 Å². The summed E-state index contributed by atoms with van der Waals surface area (Å²) in [5.74, 6) is -2.75. The van der Waals surface area contributed by atoms with E-state index in [2.05, 4.69) is 0 Å². The molecule has 174 valence electrons. The molecule has 3 amide bonds. The normalized spacial score (nSPS) is 18.0. The molecule has 1 aromatic rings. The Labute approximate surface area is 204 Å². The van der Waals surface area contributed by atoms with Crippen molar-refractivity contribution in [2.45, 2.75) is 46.1 Å². The molecule has 2 aliphatic heterocycles. The van der Waals surface area contributed by atoms with Gasteiger partial charge < -0.3 is 14.5 Å². The summed E-state index contributed by atoms with van der Waals surface area (Å²) < 4.78 is 5.35. The summed E-state index contributed by atoms with van der Waals surface area (Å²) in [7, 11) is 0. The van der Waals surface area contributed by atoms with Gasteiger partial charge in [0.25, 0.3) is 11.8 Å². The van der Waals surface area contributed by atoms with E-state index in [9.17, 15) is 19.2 Å². The van der Waals surface area contributed by atoms with Crippen molar-refractivity contribution in [2.75, 3.05) is 13.1 Å². The van der Waals surface area contributed by atoms with Crippen LogP contribution in [0.5, 0.6) is 0 Å². The van der Waals surface area contributed by atoms with Crippen LogP contribution in [-0.4, -0.2) is 52.5 Å². The number of likely N-dealkylation sites (tertiary alicyclic amines) is 1. The third-order valence-corrected chi connectivity index (χ3v) is 7.05. The van der Waals surface area contributed by atoms with Crippen LogP contribution in [0, 0.1) is 5.41 Å². The standard InChI is InChI=1S/C20H20Cl4N2O6/c1-19(2,3)31-18(30)25-7-5-20(4,6-8-25)17(29)32-26-15(27)9-10(16(26)28)12(22)14(24)13(23)11(9)21/h5-8H2,1-4H3. The molecule has 0 N–H and O–H groups in total. The molecule has 12 heteroatoms. The summed E-state index contributed by atoms with van der Waals surface area (Å²) in [5.41, 5.74) is -2.25. The first-order valence-corrected chi connectivity index (χ1v) is 11.1. The highest BCUT2D eigenvalue weighted by Crippen LogP contribution is 2.45. The van der Waals surface area contributed by atoms with E-state index in [-0.39, 0.29) is 57.1 Å². The number of ether oxygens (including phenoxy) is 1. The molecule has 3 rings (SSSR count). The average Bonchev–Trinajstić information content (AvgIpc) is 2.94. The van der Waals surface area contributed by atoms with E-state index in [1.54, 1.807) is 27.7 Å². The molecule has 0 unspecified atom stereocenters. The zero-order valence-corrected chi connectivity index (χ0v) is 20.7. The Bertz CT molecular complexity index is 981. The van der Waals surface area contributed by atoms with Crippen LogP contribution in [0.2, 0.25) is 20.1 Å². The van der Waals surface area contributed by atoms with Crippen molar-refractivity contribution in [1.29, 1.82) is 0 Å². The van der Waals surface area contributed by atoms with Gasteiger partial charge >= 0.3 is 12.1 Å². The predicted octanol–water partition coefficient (Wildman–Crippen LogP) is 5.39. The van der Waals surface area contributed by atoms with Crippen molar-refractivity contribution in [2.24, 2.45) is 5.41 Å². The SMILES string of the molecule is CC(C)(C)OC(=O)N1CCC(C)(C(=O)ON2C(=O)c3c(Cl)c(Cl)c(Cl)c(Cl)c3C2=O)CC1. The fourth-order valence-electron chi connectivity index (χ4n) is 3.32. The van der Waals surface area contributed by atoms with Gasteiger partial charge in [0.1, 0.15) is 5.60 Å². The van der Waals surface area contributed by atoms with E-state index in [1.807, 2.05) is 0 Å². The van der Waals surface area contributed by atoms with Gasteiger partial charge in [0.15, 0.2) is 0 Å². The van der Waals surface area contributed by atoms with Crippen molar-refractivity contribution >= 4 is 70.3 Å². The second kappa shape index (κ2) is 8.56. The Kier molecular flexibility index (Phi) is 6.66. The second-order valence-electron chi connectivity index (χ2n) is 8.82. The number of hydrogen-bond acceptors (Lipinski definition) is 6. The Morgan fingerprint density at radius 3 is 1.72 bits per heavy atom. The summed E-state index contributed by atoms with van der Waals surface area (Å²) in [6, 6.07) is 0. The molecule has 0 radical (unpaired) electrons. The van der Waals surface area contributed by atoms with E-state index in [0.29, 0.717) is 5.06 Å². The first kappa shape index (κ1) is 24.9. The molecule has 1 saturated heterocycles. The van der Waals surface area contributed by atoms with Gasteiger partial charge in [-0.1, -0.05) is 51.5 Å². The number of hydrogen-bond donors (Lipinski definition) is 0. The minimum absolute atomic E-state index is 0.187. The van der Waals surface area contributed by atoms with Crippen molar-refractivity contribution in [3.05, 3.63) is 31.2 Å². The molecule has 32 heavy (non-hydrogen) atoms. The minimum Gasteiger partial charge on any atom is -0.444 e. The molecule has 0 saturated carbocycles. The third-order valence-electron chi connectivity index (χ3n) is 5.25. The number of amides is 3. The van der Waals surface area contributed by atoms with Crippen molar-refractivity contribution in [1.82, 2.24) is 9.96 Å². The quantitative estimate of drug-likeness (QED) is 0.292. The highest BCUT2D eigenvalue weighted by Gasteiger charge is 2.47. The summed E-state index contributed by atoms with van der Waals surface area (Å²) in [6.45, 7) is 7.40. The maximum absolute atomic E-state index is 12.9. The molecular formula is C20H20Cl4N2O6. The summed E-state index contributed by atoms with van der Waals surface area (Å²) in [4.78, 5) is 57.3. The summed E-state index contributed by atoms with van der Waals surface area (Å²) >= 11 is 24.1. The number of carbonyl (C=O) groups is 4. The number of nitrogens with zero attached hydrogens (tertiary/aromatic N) is 2. The molecule has 0 bridgehead atoms. The fraction of sp³-hybridized carbons (Fsp3) is 0.500. The number of halogens is 4. The molecule has 1 fully saturated rings. The number of fused-ring (bicyclic) bond motifs is 1. The number of imide groups is 1. The topological polar surface area (TPSA) is 93.2 Å². The Morgan fingerprint density at radius 2 is 1.31 bits per heavy atom. The maximum atomic E-state index is 12.9. The lowest BCUT2D eigenvalue weighted by molar-refractivity contribution is -0.183. The number of carbonyl (C=O) groups excluding carboxylic acids is 4. The van der Waals surface area contributed by atoms with E-state index in [0.717, 1.165) is 0 Å². The molecular weight excluding hydrogens is 506 g/mol. The Morgan fingerprint density at radius 1 is 0.875 bits per heavy atom. The Balaban J connectivity index is 1.73. The molecule has 1 aromatic carbocycles. The zero-order valence-electron chi connectivity index (χ0n) is 17.7. The summed E-state index contributed by atoms with van der Waals surface area (Å²) in [6.07, 6.45) is 0.00666. The lowest BCUT2D eigenvalue weighted by Crippen LogP contribution is -2.48. The predicted molar refractivity (Wildman–Crippen MR) is 118 cm³/mol. The monoisotopic (exact) mass is 524 g/mol. The largest absolute Gasteiger partial charge is 0.444 e. The highest BCUT2D eigenvalue weighted by atomic mass is 35.5. The lowest BCUT2D eigenvalue weighted by atomic mass is 9.80.